The van der Waals surface area contributed by atoms with Gasteiger partial charge in [-0.15, -0.1) is 0 Å². The van der Waals surface area contributed by atoms with E-state index in [9.17, 15) is 5.11 Å². The number of nitrogens with zero attached hydrogens (tertiary/aromatic N) is 2. The van der Waals surface area contributed by atoms with Gasteiger partial charge in [-0.05, 0) is 19.4 Å². The van der Waals surface area contributed by atoms with E-state index in [1.54, 1.807) is 12.4 Å². The third-order valence-electron chi connectivity index (χ3n) is 2.78. The smallest absolute Gasteiger partial charge is 0.122 e. The first-order chi connectivity index (χ1) is 8.66. The molecule has 0 aliphatic heterocycles. The van der Waals surface area contributed by atoms with Crippen LogP contribution in [0.3, 0.4) is 0 Å². The number of phenols is 1. The van der Waals surface area contributed by atoms with Crippen LogP contribution in [0, 0.1) is 13.8 Å². The van der Waals surface area contributed by atoms with E-state index in [0.717, 1.165) is 22.5 Å². The minimum absolute atomic E-state index is 0.361. The molecule has 0 spiro atoms. The van der Waals surface area contributed by atoms with Crippen LogP contribution in [0.4, 0.5) is 0 Å². The van der Waals surface area contributed by atoms with Gasteiger partial charge in [0.1, 0.15) is 5.75 Å². The molecule has 0 saturated heterocycles. The molecule has 0 fully saturated rings. The fourth-order valence-electron chi connectivity index (χ4n) is 1.70. The highest BCUT2D eigenvalue weighted by Gasteiger charge is 2.03. The van der Waals surface area contributed by atoms with Gasteiger partial charge in [0.05, 0.1) is 11.4 Å². The van der Waals surface area contributed by atoms with Crippen molar-refractivity contribution in [3.63, 3.8) is 0 Å². The van der Waals surface area contributed by atoms with Crippen molar-refractivity contribution in [2.45, 2.75) is 26.9 Å². The summed E-state index contributed by atoms with van der Waals surface area (Å²) in [6, 6.07) is 5.75. The number of rotatable bonds is 4. The lowest BCUT2D eigenvalue weighted by Gasteiger charge is -2.08. The summed E-state index contributed by atoms with van der Waals surface area (Å²) in [5.41, 5.74) is 3.60. The Hall–Kier alpha value is -1.94. The Bertz CT molecular complexity index is 523. The number of aryl methyl sites for hydroxylation is 2. The van der Waals surface area contributed by atoms with Crippen LogP contribution in [0.15, 0.2) is 30.6 Å². The van der Waals surface area contributed by atoms with E-state index in [2.05, 4.69) is 15.3 Å². The van der Waals surface area contributed by atoms with E-state index in [-0.39, 0.29) is 0 Å². The Balaban J connectivity index is 1.92. The molecule has 4 heteroatoms. The number of benzene rings is 1. The Kier molecular flexibility index (Phi) is 3.89. The van der Waals surface area contributed by atoms with Gasteiger partial charge in [0.15, 0.2) is 0 Å². The average molecular weight is 243 g/mol. The summed E-state index contributed by atoms with van der Waals surface area (Å²) < 4.78 is 0. The van der Waals surface area contributed by atoms with Crippen LogP contribution in [0.25, 0.3) is 0 Å². The molecule has 2 rings (SSSR count). The number of aromatic nitrogens is 2. The van der Waals surface area contributed by atoms with Crippen LogP contribution in [0.2, 0.25) is 0 Å². The molecule has 18 heavy (non-hydrogen) atoms. The van der Waals surface area contributed by atoms with Crippen molar-refractivity contribution in [1.29, 1.82) is 0 Å². The van der Waals surface area contributed by atoms with Gasteiger partial charge in [0, 0.05) is 31.0 Å². The van der Waals surface area contributed by atoms with Crippen molar-refractivity contribution in [1.82, 2.24) is 15.3 Å². The van der Waals surface area contributed by atoms with Crippen molar-refractivity contribution < 1.29 is 5.11 Å². The predicted octanol–water partition coefficient (Wildman–Crippen LogP) is 2.09. The first-order valence-electron chi connectivity index (χ1n) is 5.92. The highest BCUT2D eigenvalue weighted by atomic mass is 16.3. The molecule has 0 saturated carbocycles. The average Bonchev–Trinajstić information content (AvgIpc) is 2.37. The van der Waals surface area contributed by atoms with Crippen LogP contribution in [0.5, 0.6) is 5.75 Å². The number of phenolic OH excluding ortho intramolecular Hbond substituents is 1. The van der Waals surface area contributed by atoms with Crippen LogP contribution < -0.4 is 5.32 Å². The van der Waals surface area contributed by atoms with E-state index >= 15 is 0 Å². The summed E-state index contributed by atoms with van der Waals surface area (Å²) in [5, 5.41) is 13.1. The lowest BCUT2D eigenvalue weighted by atomic mass is 10.1. The van der Waals surface area contributed by atoms with Crippen LogP contribution in [-0.4, -0.2) is 15.1 Å². The van der Waals surface area contributed by atoms with Crippen molar-refractivity contribution in [3.05, 3.63) is 53.1 Å². The van der Waals surface area contributed by atoms with Gasteiger partial charge in [0.25, 0.3) is 0 Å². The number of hydrogen-bond donors (Lipinski definition) is 2. The third kappa shape index (κ3) is 3.05. The second-order valence-corrected chi connectivity index (χ2v) is 4.34. The van der Waals surface area contributed by atoms with Gasteiger partial charge in [-0.1, -0.05) is 18.2 Å². The largest absolute Gasteiger partial charge is 0.507 e. The lowest BCUT2D eigenvalue weighted by Crippen LogP contribution is -2.14. The summed E-state index contributed by atoms with van der Waals surface area (Å²) >= 11 is 0. The standard InChI is InChI=1S/C14H17N3O/c1-10-4-3-5-12(14(10)18)7-15-8-13-9-16-11(2)6-17-13/h3-6,9,15,18H,7-8H2,1-2H3. The molecule has 2 N–H and O–H groups in total. The minimum atomic E-state index is 0.361. The van der Waals surface area contributed by atoms with E-state index in [4.69, 9.17) is 0 Å². The maximum absolute atomic E-state index is 9.86. The van der Waals surface area contributed by atoms with Crippen molar-refractivity contribution in [2.24, 2.45) is 0 Å². The molecule has 4 nitrogen and oxygen atoms in total. The molecule has 2 aromatic rings. The number of para-hydroxylation sites is 1. The molecule has 0 aliphatic carbocycles. The van der Waals surface area contributed by atoms with Gasteiger partial charge in [-0.3, -0.25) is 9.97 Å². The molecule has 94 valence electrons. The maximum atomic E-state index is 9.86. The van der Waals surface area contributed by atoms with Crippen LogP contribution in [0.1, 0.15) is 22.5 Å². The summed E-state index contributed by atoms with van der Waals surface area (Å²) in [7, 11) is 0. The molecule has 0 bridgehead atoms. The van der Waals surface area contributed by atoms with E-state index in [1.165, 1.54) is 0 Å². The summed E-state index contributed by atoms with van der Waals surface area (Å²) in [5.74, 6) is 0.361. The zero-order chi connectivity index (χ0) is 13.0. The Morgan fingerprint density at radius 1 is 1.11 bits per heavy atom. The van der Waals surface area contributed by atoms with Gasteiger partial charge in [0.2, 0.25) is 0 Å². The van der Waals surface area contributed by atoms with E-state index in [1.807, 2.05) is 32.0 Å². The molecular formula is C14H17N3O. The first kappa shape index (κ1) is 12.5. The Morgan fingerprint density at radius 3 is 2.67 bits per heavy atom. The first-order valence-corrected chi connectivity index (χ1v) is 5.92. The maximum Gasteiger partial charge on any atom is 0.122 e. The van der Waals surface area contributed by atoms with Crippen molar-refractivity contribution >= 4 is 0 Å². The molecule has 0 unspecified atom stereocenters. The zero-order valence-corrected chi connectivity index (χ0v) is 10.6. The quantitative estimate of drug-likeness (QED) is 0.863. The predicted molar refractivity (Wildman–Crippen MR) is 70.2 cm³/mol. The lowest BCUT2D eigenvalue weighted by molar-refractivity contribution is 0.460. The summed E-state index contributed by atoms with van der Waals surface area (Å²) in [6.45, 7) is 5.06. The monoisotopic (exact) mass is 243 g/mol. The van der Waals surface area contributed by atoms with Gasteiger partial charge in [-0.2, -0.15) is 0 Å². The molecule has 0 amide bonds. The Labute approximate surface area is 107 Å². The molecule has 0 radical (unpaired) electrons. The second kappa shape index (κ2) is 5.60. The summed E-state index contributed by atoms with van der Waals surface area (Å²) in [4.78, 5) is 8.45. The third-order valence-corrected chi connectivity index (χ3v) is 2.78. The van der Waals surface area contributed by atoms with Crippen molar-refractivity contribution in [3.8, 4) is 5.75 Å². The van der Waals surface area contributed by atoms with Crippen molar-refractivity contribution in [2.75, 3.05) is 0 Å². The molecule has 1 aromatic heterocycles. The normalized spacial score (nSPS) is 10.6. The van der Waals surface area contributed by atoms with E-state index < -0.39 is 0 Å². The SMILES string of the molecule is Cc1cnc(CNCc2cccc(C)c2O)cn1. The highest BCUT2D eigenvalue weighted by Crippen LogP contribution is 2.20. The van der Waals surface area contributed by atoms with Crippen LogP contribution in [-0.2, 0) is 13.1 Å². The minimum Gasteiger partial charge on any atom is -0.507 e. The van der Waals surface area contributed by atoms with E-state index in [0.29, 0.717) is 18.8 Å². The molecule has 1 heterocycles. The number of aromatic hydroxyl groups is 1. The number of hydrogen-bond acceptors (Lipinski definition) is 4. The molecule has 1 aromatic carbocycles. The number of nitrogens with one attached hydrogen (secondary N) is 1. The van der Waals surface area contributed by atoms with Gasteiger partial charge in [-0.25, -0.2) is 0 Å². The summed E-state index contributed by atoms with van der Waals surface area (Å²) in [6.07, 6.45) is 3.51. The molecule has 0 aliphatic rings. The van der Waals surface area contributed by atoms with Crippen LogP contribution >= 0.6 is 0 Å². The zero-order valence-electron chi connectivity index (χ0n) is 10.6. The fourth-order valence-corrected chi connectivity index (χ4v) is 1.70. The highest BCUT2D eigenvalue weighted by molar-refractivity contribution is 5.39. The second-order valence-electron chi connectivity index (χ2n) is 4.34. The fraction of sp³-hybridized carbons (Fsp3) is 0.286. The molecular weight excluding hydrogens is 226 g/mol. The molecule has 0 atom stereocenters. The Morgan fingerprint density at radius 2 is 1.94 bits per heavy atom. The van der Waals surface area contributed by atoms with Gasteiger partial charge < -0.3 is 10.4 Å². The van der Waals surface area contributed by atoms with Gasteiger partial charge >= 0.3 is 0 Å². The topological polar surface area (TPSA) is 58.0 Å².